The van der Waals surface area contributed by atoms with E-state index in [1.807, 2.05) is 17.8 Å². The number of aromatic nitrogens is 2. The predicted molar refractivity (Wildman–Crippen MR) is 44.7 cm³/mol. The Balaban J connectivity index is 2.10. The SMILES string of the molecule is CC(=O)C1C[C@H]1c1cn(C)cn1. The van der Waals surface area contributed by atoms with Crippen molar-refractivity contribution in [1.29, 1.82) is 0 Å². The average molecular weight is 164 g/mol. The number of hydrogen-bond acceptors (Lipinski definition) is 2. The van der Waals surface area contributed by atoms with Gasteiger partial charge in [-0.1, -0.05) is 0 Å². The molecule has 3 nitrogen and oxygen atoms in total. The zero-order chi connectivity index (χ0) is 8.72. The summed E-state index contributed by atoms with van der Waals surface area (Å²) >= 11 is 0. The lowest BCUT2D eigenvalue weighted by atomic mass is 10.2. The monoisotopic (exact) mass is 164 g/mol. The fraction of sp³-hybridized carbons (Fsp3) is 0.556. The number of Topliss-reactive ketones (excluding diaryl/α,β-unsaturated/α-hetero) is 1. The van der Waals surface area contributed by atoms with E-state index in [1.165, 1.54) is 0 Å². The molecule has 2 rings (SSSR count). The number of carbonyl (C=O) groups is 1. The van der Waals surface area contributed by atoms with Crippen LogP contribution in [0.3, 0.4) is 0 Å². The van der Waals surface area contributed by atoms with Gasteiger partial charge < -0.3 is 4.57 Å². The van der Waals surface area contributed by atoms with Crippen molar-refractivity contribution < 1.29 is 4.79 Å². The molecule has 1 aliphatic carbocycles. The van der Waals surface area contributed by atoms with Crippen molar-refractivity contribution in [2.45, 2.75) is 19.3 Å². The molecule has 0 radical (unpaired) electrons. The lowest BCUT2D eigenvalue weighted by Gasteiger charge is -1.89. The van der Waals surface area contributed by atoms with Crippen LogP contribution in [-0.4, -0.2) is 15.3 Å². The van der Waals surface area contributed by atoms with Crippen LogP contribution in [0.2, 0.25) is 0 Å². The number of aryl methyl sites for hydroxylation is 1. The van der Waals surface area contributed by atoms with Gasteiger partial charge in [0.15, 0.2) is 0 Å². The van der Waals surface area contributed by atoms with Crippen molar-refractivity contribution in [2.75, 3.05) is 0 Å². The third-order valence-electron chi connectivity index (χ3n) is 2.42. The van der Waals surface area contributed by atoms with Gasteiger partial charge in [0.25, 0.3) is 0 Å². The molecule has 2 atom stereocenters. The Bertz CT molecular complexity index is 316. The van der Waals surface area contributed by atoms with E-state index in [9.17, 15) is 4.79 Å². The molecule has 1 aliphatic rings. The van der Waals surface area contributed by atoms with Gasteiger partial charge >= 0.3 is 0 Å². The summed E-state index contributed by atoms with van der Waals surface area (Å²) in [5, 5.41) is 0. The van der Waals surface area contributed by atoms with Gasteiger partial charge in [-0.05, 0) is 13.3 Å². The Morgan fingerprint density at radius 3 is 2.92 bits per heavy atom. The molecular formula is C9H12N2O. The second-order valence-corrected chi connectivity index (χ2v) is 3.52. The molecule has 64 valence electrons. The predicted octanol–water partition coefficient (Wildman–Crippen LogP) is 1.11. The quantitative estimate of drug-likeness (QED) is 0.656. The van der Waals surface area contributed by atoms with Crippen LogP contribution < -0.4 is 0 Å². The normalized spacial score (nSPS) is 27.2. The lowest BCUT2D eigenvalue weighted by Crippen LogP contribution is -1.94. The Morgan fingerprint density at radius 2 is 2.50 bits per heavy atom. The van der Waals surface area contributed by atoms with E-state index in [4.69, 9.17) is 0 Å². The molecule has 1 saturated carbocycles. The van der Waals surface area contributed by atoms with E-state index in [1.54, 1.807) is 13.3 Å². The second kappa shape index (κ2) is 2.44. The van der Waals surface area contributed by atoms with Crippen LogP contribution in [0.25, 0.3) is 0 Å². The van der Waals surface area contributed by atoms with Crippen molar-refractivity contribution in [3.8, 4) is 0 Å². The summed E-state index contributed by atoms with van der Waals surface area (Å²) in [6, 6.07) is 0. The molecule has 1 heterocycles. The molecule has 0 amide bonds. The first-order valence-corrected chi connectivity index (χ1v) is 4.17. The number of nitrogens with zero attached hydrogens (tertiary/aromatic N) is 2. The van der Waals surface area contributed by atoms with Gasteiger partial charge in [-0.25, -0.2) is 4.98 Å². The van der Waals surface area contributed by atoms with Gasteiger partial charge in [0, 0.05) is 25.1 Å². The van der Waals surface area contributed by atoms with Crippen LogP contribution in [0.1, 0.15) is 25.0 Å². The first-order valence-electron chi connectivity index (χ1n) is 4.17. The molecule has 3 heteroatoms. The summed E-state index contributed by atoms with van der Waals surface area (Å²) in [4.78, 5) is 15.2. The second-order valence-electron chi connectivity index (χ2n) is 3.52. The maximum Gasteiger partial charge on any atom is 0.133 e. The first kappa shape index (κ1) is 7.53. The van der Waals surface area contributed by atoms with Crippen molar-refractivity contribution in [3.05, 3.63) is 18.2 Å². The standard InChI is InChI=1S/C9H12N2O/c1-6(12)7-3-8(7)9-4-11(2)5-10-9/h4-5,7-8H,3H2,1-2H3/t7?,8-/m1/s1. The van der Waals surface area contributed by atoms with Crippen molar-refractivity contribution >= 4 is 5.78 Å². The Labute approximate surface area is 71.4 Å². The van der Waals surface area contributed by atoms with E-state index in [0.717, 1.165) is 12.1 Å². The molecule has 0 spiro atoms. The molecule has 12 heavy (non-hydrogen) atoms. The third kappa shape index (κ3) is 1.15. The van der Waals surface area contributed by atoms with Crippen LogP contribution in [0.4, 0.5) is 0 Å². The fourth-order valence-corrected chi connectivity index (χ4v) is 1.60. The van der Waals surface area contributed by atoms with E-state index in [-0.39, 0.29) is 5.92 Å². The van der Waals surface area contributed by atoms with Crippen LogP contribution in [0.5, 0.6) is 0 Å². The molecule has 1 aromatic rings. The fourth-order valence-electron chi connectivity index (χ4n) is 1.60. The topological polar surface area (TPSA) is 34.9 Å². The molecule has 0 aliphatic heterocycles. The zero-order valence-electron chi connectivity index (χ0n) is 7.32. The average Bonchev–Trinajstić information content (AvgIpc) is 2.70. The van der Waals surface area contributed by atoms with Crippen LogP contribution in [-0.2, 0) is 11.8 Å². The first-order chi connectivity index (χ1) is 5.68. The van der Waals surface area contributed by atoms with Gasteiger partial charge in [0.05, 0.1) is 12.0 Å². The Kier molecular flexibility index (Phi) is 1.53. The van der Waals surface area contributed by atoms with Crippen molar-refractivity contribution in [2.24, 2.45) is 13.0 Å². The zero-order valence-corrected chi connectivity index (χ0v) is 7.32. The van der Waals surface area contributed by atoms with Crippen molar-refractivity contribution in [3.63, 3.8) is 0 Å². The highest BCUT2D eigenvalue weighted by molar-refractivity contribution is 5.82. The number of carbonyl (C=O) groups excluding carboxylic acids is 1. The molecule has 1 fully saturated rings. The maximum atomic E-state index is 11.0. The maximum absolute atomic E-state index is 11.0. The smallest absolute Gasteiger partial charge is 0.133 e. The third-order valence-corrected chi connectivity index (χ3v) is 2.42. The summed E-state index contributed by atoms with van der Waals surface area (Å²) < 4.78 is 1.92. The lowest BCUT2D eigenvalue weighted by molar-refractivity contribution is -0.118. The summed E-state index contributed by atoms with van der Waals surface area (Å²) in [6.07, 6.45) is 4.77. The van der Waals surface area contributed by atoms with Crippen molar-refractivity contribution in [1.82, 2.24) is 9.55 Å². The van der Waals surface area contributed by atoms with E-state index in [2.05, 4.69) is 4.98 Å². The minimum absolute atomic E-state index is 0.250. The Hall–Kier alpha value is -1.12. The summed E-state index contributed by atoms with van der Waals surface area (Å²) in [5.74, 6) is 0.953. The molecular weight excluding hydrogens is 152 g/mol. The van der Waals surface area contributed by atoms with E-state index < -0.39 is 0 Å². The van der Waals surface area contributed by atoms with Gasteiger partial charge in [0.2, 0.25) is 0 Å². The number of rotatable bonds is 2. The number of ketones is 1. The van der Waals surface area contributed by atoms with Gasteiger partial charge in [-0.2, -0.15) is 0 Å². The minimum Gasteiger partial charge on any atom is -0.340 e. The highest BCUT2D eigenvalue weighted by Crippen LogP contribution is 2.46. The summed E-state index contributed by atoms with van der Waals surface area (Å²) in [6.45, 7) is 1.66. The van der Waals surface area contributed by atoms with Gasteiger partial charge in [0.1, 0.15) is 5.78 Å². The minimum atomic E-state index is 0.250. The highest BCUT2D eigenvalue weighted by Gasteiger charge is 2.43. The van der Waals surface area contributed by atoms with E-state index >= 15 is 0 Å². The van der Waals surface area contributed by atoms with Crippen LogP contribution in [0.15, 0.2) is 12.5 Å². The molecule has 1 unspecified atom stereocenters. The van der Waals surface area contributed by atoms with Crippen LogP contribution >= 0.6 is 0 Å². The molecule has 0 bridgehead atoms. The summed E-state index contributed by atoms with van der Waals surface area (Å²) in [7, 11) is 1.95. The van der Waals surface area contributed by atoms with E-state index in [0.29, 0.717) is 11.7 Å². The molecule has 1 aromatic heterocycles. The number of hydrogen-bond donors (Lipinski definition) is 0. The highest BCUT2D eigenvalue weighted by atomic mass is 16.1. The molecule has 0 saturated heterocycles. The molecule has 0 N–H and O–H groups in total. The molecule has 0 aromatic carbocycles. The number of imidazole rings is 1. The summed E-state index contributed by atoms with van der Waals surface area (Å²) in [5.41, 5.74) is 1.07. The largest absolute Gasteiger partial charge is 0.340 e. The Morgan fingerprint density at radius 1 is 1.75 bits per heavy atom. The van der Waals surface area contributed by atoms with Crippen LogP contribution in [0, 0.1) is 5.92 Å². The van der Waals surface area contributed by atoms with Gasteiger partial charge in [-0.3, -0.25) is 4.79 Å². The van der Waals surface area contributed by atoms with Gasteiger partial charge in [-0.15, -0.1) is 0 Å².